The highest BCUT2D eigenvalue weighted by molar-refractivity contribution is 5.92. The maximum Gasteiger partial charge on any atom is 0.426 e. The third-order valence-electron chi connectivity index (χ3n) is 1.77. The number of hydrazine groups is 1. The highest BCUT2D eigenvalue weighted by Crippen LogP contribution is 2.05. The number of hydrogen-bond acceptors (Lipinski definition) is 5. The van der Waals surface area contributed by atoms with Gasteiger partial charge in [-0.15, -0.1) is 0 Å². The smallest absolute Gasteiger partial charge is 0.426 e. The number of aryl methyl sites for hydroxylation is 1. The van der Waals surface area contributed by atoms with Crippen molar-refractivity contribution in [1.29, 1.82) is 0 Å². The summed E-state index contributed by atoms with van der Waals surface area (Å²) in [5.74, 6) is -0.407. The van der Waals surface area contributed by atoms with Crippen molar-refractivity contribution in [2.45, 2.75) is 33.3 Å². The molecule has 0 aromatic carbocycles. The Morgan fingerprint density at radius 1 is 1.32 bits per heavy atom. The molecule has 8 heteroatoms. The number of aromatic amines is 1. The Morgan fingerprint density at radius 3 is 2.47 bits per heavy atom. The van der Waals surface area contributed by atoms with E-state index in [1.54, 1.807) is 27.7 Å². The Bertz CT molecular complexity index is 544. The van der Waals surface area contributed by atoms with Crippen LogP contribution in [0.25, 0.3) is 0 Å². The lowest BCUT2D eigenvalue weighted by Gasteiger charge is -2.19. The van der Waals surface area contributed by atoms with E-state index in [4.69, 9.17) is 4.74 Å². The predicted molar refractivity (Wildman–Crippen MR) is 66.4 cm³/mol. The van der Waals surface area contributed by atoms with E-state index in [9.17, 15) is 14.4 Å². The summed E-state index contributed by atoms with van der Waals surface area (Å²) in [6, 6.07) is 1.03. The van der Waals surface area contributed by atoms with Crippen LogP contribution in [0.1, 0.15) is 37.1 Å². The highest BCUT2D eigenvalue weighted by Gasteiger charge is 2.17. The van der Waals surface area contributed by atoms with E-state index < -0.39 is 23.2 Å². The van der Waals surface area contributed by atoms with Crippen molar-refractivity contribution >= 4 is 12.0 Å². The summed E-state index contributed by atoms with van der Waals surface area (Å²) in [6.45, 7) is 6.61. The van der Waals surface area contributed by atoms with Crippen LogP contribution in [-0.4, -0.2) is 27.6 Å². The van der Waals surface area contributed by atoms with Crippen LogP contribution in [0, 0.1) is 6.92 Å². The molecular formula is C11H16N4O4. The van der Waals surface area contributed by atoms with Gasteiger partial charge < -0.3 is 9.72 Å². The molecule has 0 spiro atoms. The zero-order valence-electron chi connectivity index (χ0n) is 11.2. The van der Waals surface area contributed by atoms with Crippen LogP contribution in [0.4, 0.5) is 4.79 Å². The molecule has 104 valence electrons. The Kier molecular flexibility index (Phi) is 4.26. The second-order valence-electron chi connectivity index (χ2n) is 4.80. The maximum absolute atomic E-state index is 11.6. The molecule has 0 aliphatic rings. The minimum absolute atomic E-state index is 0.0997. The number of hydrogen-bond donors (Lipinski definition) is 3. The number of carbonyl (C=O) groups excluding carboxylic acids is 2. The lowest BCUT2D eigenvalue weighted by Crippen LogP contribution is -2.44. The van der Waals surface area contributed by atoms with Crippen LogP contribution in [0.2, 0.25) is 0 Å². The second-order valence-corrected chi connectivity index (χ2v) is 4.80. The topological polar surface area (TPSA) is 113 Å². The van der Waals surface area contributed by atoms with Gasteiger partial charge in [0.2, 0.25) is 0 Å². The van der Waals surface area contributed by atoms with Crippen molar-refractivity contribution in [3.8, 4) is 0 Å². The summed E-state index contributed by atoms with van der Waals surface area (Å²) < 4.78 is 4.92. The van der Waals surface area contributed by atoms with Crippen molar-refractivity contribution in [3.05, 3.63) is 27.9 Å². The molecule has 0 bridgehead atoms. The van der Waals surface area contributed by atoms with Gasteiger partial charge in [0.15, 0.2) is 0 Å². The average Bonchev–Trinajstić information content (AvgIpc) is 2.22. The summed E-state index contributed by atoms with van der Waals surface area (Å²) in [5, 5.41) is 0. The Balaban J connectivity index is 2.61. The van der Waals surface area contributed by atoms with Crippen LogP contribution in [0.3, 0.4) is 0 Å². The first-order valence-corrected chi connectivity index (χ1v) is 5.55. The van der Waals surface area contributed by atoms with E-state index in [1.807, 2.05) is 0 Å². The fourth-order valence-electron chi connectivity index (χ4n) is 1.17. The highest BCUT2D eigenvalue weighted by atomic mass is 16.6. The van der Waals surface area contributed by atoms with Crippen molar-refractivity contribution in [1.82, 2.24) is 20.8 Å². The molecule has 1 aromatic rings. The van der Waals surface area contributed by atoms with E-state index in [1.165, 1.54) is 0 Å². The summed E-state index contributed by atoms with van der Waals surface area (Å²) >= 11 is 0. The van der Waals surface area contributed by atoms with Crippen molar-refractivity contribution < 1.29 is 14.3 Å². The van der Waals surface area contributed by atoms with Crippen LogP contribution in [0.15, 0.2) is 10.9 Å². The Hall–Kier alpha value is -2.38. The molecule has 0 atom stereocenters. The molecule has 1 heterocycles. The van der Waals surface area contributed by atoms with Gasteiger partial charge >= 0.3 is 6.09 Å². The molecule has 1 aromatic heterocycles. The second kappa shape index (κ2) is 5.51. The molecule has 0 aliphatic heterocycles. The number of H-pyrrole nitrogens is 1. The lowest BCUT2D eigenvalue weighted by atomic mass is 10.2. The first-order chi connectivity index (χ1) is 8.67. The van der Waals surface area contributed by atoms with Crippen LogP contribution >= 0.6 is 0 Å². The van der Waals surface area contributed by atoms with Gasteiger partial charge in [0.25, 0.3) is 11.5 Å². The third kappa shape index (κ3) is 5.19. The fraction of sp³-hybridized carbons (Fsp3) is 0.455. The van der Waals surface area contributed by atoms with E-state index in [0.717, 1.165) is 6.07 Å². The first kappa shape index (κ1) is 14.7. The standard InChI is InChI=1S/C11H16N4O4/c1-6-12-7(5-8(16)13-6)9(17)14-15-10(18)19-11(2,3)4/h5H,1-4H3,(H,14,17)(H,15,18)(H,12,13,16). The lowest BCUT2D eigenvalue weighted by molar-refractivity contribution is 0.0483. The fourth-order valence-corrected chi connectivity index (χ4v) is 1.17. The van der Waals surface area contributed by atoms with Gasteiger partial charge in [-0.1, -0.05) is 0 Å². The Morgan fingerprint density at radius 2 is 1.95 bits per heavy atom. The first-order valence-electron chi connectivity index (χ1n) is 5.55. The SMILES string of the molecule is Cc1nc(C(=O)NNC(=O)OC(C)(C)C)cc(=O)[nH]1. The number of amides is 2. The van der Waals surface area contributed by atoms with Crippen LogP contribution < -0.4 is 16.4 Å². The number of ether oxygens (including phenoxy) is 1. The molecule has 8 nitrogen and oxygen atoms in total. The van der Waals surface area contributed by atoms with Crippen molar-refractivity contribution in [3.63, 3.8) is 0 Å². The largest absolute Gasteiger partial charge is 0.443 e. The molecule has 0 saturated carbocycles. The number of nitrogens with zero attached hydrogens (tertiary/aromatic N) is 1. The quantitative estimate of drug-likeness (QED) is 0.632. The maximum atomic E-state index is 11.6. The summed E-state index contributed by atoms with van der Waals surface area (Å²) in [7, 11) is 0. The average molecular weight is 268 g/mol. The zero-order valence-corrected chi connectivity index (χ0v) is 11.2. The van der Waals surface area contributed by atoms with Gasteiger partial charge in [-0.3, -0.25) is 15.0 Å². The molecule has 19 heavy (non-hydrogen) atoms. The van der Waals surface area contributed by atoms with Crippen molar-refractivity contribution in [2.24, 2.45) is 0 Å². The summed E-state index contributed by atoms with van der Waals surface area (Å²) in [4.78, 5) is 40.3. The normalized spacial score (nSPS) is 10.7. The summed E-state index contributed by atoms with van der Waals surface area (Å²) in [6.07, 6.45) is -0.803. The minimum atomic E-state index is -0.803. The molecule has 0 fully saturated rings. The van der Waals surface area contributed by atoms with E-state index in [-0.39, 0.29) is 5.69 Å². The van der Waals surface area contributed by atoms with Gasteiger partial charge in [0.1, 0.15) is 17.1 Å². The van der Waals surface area contributed by atoms with Gasteiger partial charge in [-0.2, -0.15) is 0 Å². The summed E-state index contributed by atoms with van der Waals surface area (Å²) in [5.41, 5.74) is 2.94. The van der Waals surface area contributed by atoms with Gasteiger partial charge in [-0.25, -0.2) is 15.2 Å². The molecule has 3 N–H and O–H groups in total. The molecule has 2 amide bonds. The predicted octanol–water partition coefficient (Wildman–Crippen LogP) is 0.248. The molecular weight excluding hydrogens is 252 g/mol. The van der Waals surface area contributed by atoms with Crippen LogP contribution in [-0.2, 0) is 4.74 Å². The van der Waals surface area contributed by atoms with E-state index >= 15 is 0 Å². The van der Waals surface area contributed by atoms with Crippen LogP contribution in [0.5, 0.6) is 0 Å². The third-order valence-corrected chi connectivity index (χ3v) is 1.77. The Labute approximate surface area is 109 Å². The molecule has 0 unspecified atom stereocenters. The van der Waals surface area contributed by atoms with Gasteiger partial charge in [0, 0.05) is 6.07 Å². The zero-order chi connectivity index (χ0) is 14.6. The molecule has 0 saturated heterocycles. The molecule has 0 radical (unpaired) electrons. The molecule has 0 aliphatic carbocycles. The number of rotatable bonds is 1. The van der Waals surface area contributed by atoms with E-state index in [0.29, 0.717) is 5.82 Å². The van der Waals surface area contributed by atoms with Crippen molar-refractivity contribution in [2.75, 3.05) is 0 Å². The monoisotopic (exact) mass is 268 g/mol. The van der Waals surface area contributed by atoms with Gasteiger partial charge in [-0.05, 0) is 27.7 Å². The van der Waals surface area contributed by atoms with Gasteiger partial charge in [0.05, 0.1) is 0 Å². The number of aromatic nitrogens is 2. The number of carbonyl (C=O) groups is 2. The minimum Gasteiger partial charge on any atom is -0.443 e. The number of nitrogens with one attached hydrogen (secondary N) is 3. The van der Waals surface area contributed by atoms with E-state index in [2.05, 4.69) is 20.8 Å². The molecule has 1 rings (SSSR count).